The van der Waals surface area contributed by atoms with E-state index in [1.54, 1.807) is 6.92 Å². The molecule has 1 aromatic heterocycles. The molecule has 2 nitrogen and oxygen atoms in total. The summed E-state index contributed by atoms with van der Waals surface area (Å²) in [4.78, 5) is 3.84. The molecule has 0 radical (unpaired) electrons. The number of alkyl halides is 1. The summed E-state index contributed by atoms with van der Waals surface area (Å²) in [5, 5.41) is -0.441. The topological polar surface area (TPSA) is 26.0 Å². The van der Waals surface area contributed by atoms with E-state index in [9.17, 15) is 8.78 Å². The van der Waals surface area contributed by atoms with Gasteiger partial charge in [-0.25, -0.2) is 13.8 Å². The Morgan fingerprint density at radius 2 is 1.94 bits per heavy atom. The normalized spacial score (nSPS) is 12.8. The highest BCUT2D eigenvalue weighted by molar-refractivity contribution is 6.20. The molecule has 1 unspecified atom stereocenters. The van der Waals surface area contributed by atoms with Gasteiger partial charge in [0.15, 0.2) is 5.76 Å². The van der Waals surface area contributed by atoms with Gasteiger partial charge < -0.3 is 4.42 Å². The van der Waals surface area contributed by atoms with Crippen LogP contribution < -0.4 is 0 Å². The summed E-state index contributed by atoms with van der Waals surface area (Å²) in [5.41, 5.74) is -0.224. The van der Waals surface area contributed by atoms with Crippen LogP contribution >= 0.6 is 11.6 Å². The minimum Gasteiger partial charge on any atom is -0.439 e. The van der Waals surface area contributed by atoms with Crippen molar-refractivity contribution in [1.29, 1.82) is 0 Å². The van der Waals surface area contributed by atoms with Crippen LogP contribution in [-0.4, -0.2) is 4.98 Å². The third-order valence-corrected chi connectivity index (χ3v) is 2.26. The quantitative estimate of drug-likeness (QED) is 0.747. The summed E-state index contributed by atoms with van der Waals surface area (Å²) in [6, 6.07) is 3.60. The highest BCUT2D eigenvalue weighted by Gasteiger charge is 2.17. The lowest BCUT2D eigenvalue weighted by atomic mass is 10.1. The molecule has 0 saturated heterocycles. The van der Waals surface area contributed by atoms with Gasteiger partial charge in [0.1, 0.15) is 17.0 Å². The van der Waals surface area contributed by atoms with Crippen molar-refractivity contribution in [3.63, 3.8) is 0 Å². The standard InChI is InChI=1S/C11H8ClF2NO/c1-6(12)11-15-5-9(16-11)10-7(13)3-2-4-8(10)14/h2-6H,1H3. The van der Waals surface area contributed by atoms with E-state index in [-0.39, 0.29) is 17.2 Å². The number of aromatic nitrogens is 1. The molecule has 2 rings (SSSR count). The Morgan fingerprint density at radius 1 is 1.31 bits per heavy atom. The summed E-state index contributed by atoms with van der Waals surface area (Å²) in [6.07, 6.45) is 1.26. The third kappa shape index (κ3) is 1.93. The molecule has 0 fully saturated rings. The Kier molecular flexibility index (Phi) is 2.92. The minimum absolute atomic E-state index is 0.0399. The zero-order chi connectivity index (χ0) is 11.7. The summed E-state index contributed by atoms with van der Waals surface area (Å²) in [7, 11) is 0. The molecule has 0 aliphatic heterocycles. The van der Waals surface area contributed by atoms with Gasteiger partial charge in [0.2, 0.25) is 5.89 Å². The van der Waals surface area contributed by atoms with Crippen molar-refractivity contribution in [2.24, 2.45) is 0 Å². The maximum Gasteiger partial charge on any atom is 0.212 e. The predicted molar refractivity (Wildman–Crippen MR) is 56.1 cm³/mol. The molecule has 2 aromatic rings. The fraction of sp³-hybridized carbons (Fsp3) is 0.182. The fourth-order valence-electron chi connectivity index (χ4n) is 1.32. The largest absolute Gasteiger partial charge is 0.439 e. The summed E-state index contributed by atoms with van der Waals surface area (Å²) < 4.78 is 31.9. The Morgan fingerprint density at radius 3 is 2.44 bits per heavy atom. The molecule has 5 heteroatoms. The molecule has 0 amide bonds. The Labute approximate surface area is 95.9 Å². The number of hydrogen-bond donors (Lipinski definition) is 0. The van der Waals surface area contributed by atoms with Crippen LogP contribution in [0.1, 0.15) is 18.2 Å². The first kappa shape index (κ1) is 11.1. The fourth-order valence-corrected chi connectivity index (χ4v) is 1.42. The average molecular weight is 244 g/mol. The maximum absolute atomic E-state index is 13.4. The second-order valence-corrected chi connectivity index (χ2v) is 3.93. The van der Waals surface area contributed by atoms with E-state index in [1.165, 1.54) is 12.3 Å². The van der Waals surface area contributed by atoms with Gasteiger partial charge in [-0.3, -0.25) is 0 Å². The van der Waals surface area contributed by atoms with Gasteiger partial charge >= 0.3 is 0 Å². The summed E-state index contributed by atoms with van der Waals surface area (Å²) in [6.45, 7) is 1.66. The van der Waals surface area contributed by atoms with Crippen LogP contribution in [0.5, 0.6) is 0 Å². The molecule has 84 valence electrons. The molecule has 0 aliphatic rings. The number of hydrogen-bond acceptors (Lipinski definition) is 2. The molecular formula is C11H8ClF2NO. The lowest BCUT2D eigenvalue weighted by molar-refractivity contribution is 0.497. The van der Waals surface area contributed by atoms with Crippen molar-refractivity contribution >= 4 is 11.6 Å². The van der Waals surface area contributed by atoms with Crippen molar-refractivity contribution in [1.82, 2.24) is 4.98 Å². The zero-order valence-electron chi connectivity index (χ0n) is 8.38. The first-order chi connectivity index (χ1) is 7.59. The molecule has 16 heavy (non-hydrogen) atoms. The lowest BCUT2D eigenvalue weighted by Crippen LogP contribution is -1.87. The molecule has 1 atom stereocenters. The van der Waals surface area contributed by atoms with Crippen LogP contribution in [0.15, 0.2) is 28.8 Å². The van der Waals surface area contributed by atoms with Crippen molar-refractivity contribution in [3.05, 3.63) is 41.9 Å². The predicted octanol–water partition coefficient (Wildman–Crippen LogP) is 3.92. The lowest BCUT2D eigenvalue weighted by Gasteiger charge is -2.00. The van der Waals surface area contributed by atoms with Crippen molar-refractivity contribution < 1.29 is 13.2 Å². The van der Waals surface area contributed by atoms with Crippen LogP contribution in [0.4, 0.5) is 8.78 Å². The SMILES string of the molecule is CC(Cl)c1ncc(-c2c(F)cccc2F)o1. The van der Waals surface area contributed by atoms with Crippen LogP contribution in [-0.2, 0) is 0 Å². The van der Waals surface area contributed by atoms with Crippen molar-refractivity contribution in [3.8, 4) is 11.3 Å². The molecular weight excluding hydrogens is 236 g/mol. The van der Waals surface area contributed by atoms with E-state index < -0.39 is 17.0 Å². The van der Waals surface area contributed by atoms with E-state index in [2.05, 4.69) is 4.98 Å². The highest BCUT2D eigenvalue weighted by atomic mass is 35.5. The second kappa shape index (κ2) is 4.22. The minimum atomic E-state index is -0.690. The number of rotatable bonds is 2. The number of benzene rings is 1. The van der Waals surface area contributed by atoms with Gasteiger partial charge in [0.25, 0.3) is 0 Å². The Bertz CT molecular complexity index is 490. The third-order valence-electron chi connectivity index (χ3n) is 2.07. The Hall–Kier alpha value is -1.42. The molecule has 0 saturated carbocycles. The first-order valence-electron chi connectivity index (χ1n) is 4.63. The molecule has 0 aliphatic carbocycles. The van der Waals surface area contributed by atoms with Crippen LogP contribution in [0.25, 0.3) is 11.3 Å². The number of nitrogens with zero attached hydrogens (tertiary/aromatic N) is 1. The number of oxazole rings is 1. The van der Waals surface area contributed by atoms with E-state index in [1.807, 2.05) is 0 Å². The molecule has 1 heterocycles. The average Bonchev–Trinajstić information content (AvgIpc) is 2.66. The van der Waals surface area contributed by atoms with Crippen LogP contribution in [0, 0.1) is 11.6 Å². The van der Waals surface area contributed by atoms with Gasteiger partial charge in [-0.15, -0.1) is 11.6 Å². The van der Waals surface area contributed by atoms with Gasteiger partial charge in [-0.05, 0) is 19.1 Å². The summed E-state index contributed by atoms with van der Waals surface area (Å²) in [5.74, 6) is -1.10. The van der Waals surface area contributed by atoms with Gasteiger partial charge in [0, 0.05) is 0 Å². The maximum atomic E-state index is 13.4. The second-order valence-electron chi connectivity index (χ2n) is 3.28. The molecule has 0 bridgehead atoms. The van der Waals surface area contributed by atoms with Gasteiger partial charge in [0.05, 0.1) is 11.8 Å². The van der Waals surface area contributed by atoms with E-state index in [0.29, 0.717) is 0 Å². The summed E-state index contributed by atoms with van der Waals surface area (Å²) >= 11 is 5.74. The molecule has 1 aromatic carbocycles. The van der Waals surface area contributed by atoms with Crippen molar-refractivity contribution in [2.45, 2.75) is 12.3 Å². The van der Waals surface area contributed by atoms with E-state index in [0.717, 1.165) is 12.1 Å². The van der Waals surface area contributed by atoms with E-state index in [4.69, 9.17) is 16.0 Å². The van der Waals surface area contributed by atoms with Crippen LogP contribution in [0.2, 0.25) is 0 Å². The molecule has 0 spiro atoms. The van der Waals surface area contributed by atoms with Crippen LogP contribution in [0.3, 0.4) is 0 Å². The zero-order valence-corrected chi connectivity index (χ0v) is 9.13. The van der Waals surface area contributed by atoms with Gasteiger partial charge in [-0.1, -0.05) is 6.07 Å². The smallest absolute Gasteiger partial charge is 0.212 e. The first-order valence-corrected chi connectivity index (χ1v) is 5.07. The number of halogens is 3. The van der Waals surface area contributed by atoms with Gasteiger partial charge in [-0.2, -0.15) is 0 Å². The monoisotopic (exact) mass is 243 g/mol. The highest BCUT2D eigenvalue weighted by Crippen LogP contribution is 2.29. The van der Waals surface area contributed by atoms with Crippen molar-refractivity contribution in [2.75, 3.05) is 0 Å². The molecule has 0 N–H and O–H groups in total. The Balaban J connectivity index is 2.50. The van der Waals surface area contributed by atoms with E-state index >= 15 is 0 Å².